The van der Waals surface area contributed by atoms with Gasteiger partial charge in [0.2, 0.25) is 5.76 Å². The van der Waals surface area contributed by atoms with Gasteiger partial charge >= 0.3 is 0 Å². The third kappa shape index (κ3) is 4.12. The van der Waals surface area contributed by atoms with Gasteiger partial charge < -0.3 is 23.5 Å². The van der Waals surface area contributed by atoms with Gasteiger partial charge in [0.05, 0.1) is 30.2 Å². The molecule has 172 valence electrons. The molecule has 1 aromatic heterocycles. The molecule has 0 spiro atoms. The van der Waals surface area contributed by atoms with Crippen molar-refractivity contribution in [3.8, 4) is 11.5 Å². The van der Waals surface area contributed by atoms with Crippen LogP contribution in [0.5, 0.6) is 11.5 Å². The number of benzene rings is 2. The van der Waals surface area contributed by atoms with E-state index in [9.17, 15) is 9.59 Å². The molecule has 33 heavy (non-hydrogen) atoms. The van der Waals surface area contributed by atoms with Gasteiger partial charge in [0.25, 0.3) is 5.91 Å². The Morgan fingerprint density at radius 1 is 1.12 bits per heavy atom. The van der Waals surface area contributed by atoms with E-state index in [4.69, 9.17) is 18.6 Å². The Hall–Kier alpha value is -3.58. The number of hydrogen-bond acceptors (Lipinski definition) is 6. The van der Waals surface area contributed by atoms with Crippen molar-refractivity contribution in [3.05, 3.63) is 81.7 Å². The van der Waals surface area contributed by atoms with Crippen molar-refractivity contribution in [2.24, 2.45) is 0 Å². The van der Waals surface area contributed by atoms with E-state index in [2.05, 4.69) is 6.58 Å². The van der Waals surface area contributed by atoms with E-state index in [0.29, 0.717) is 54.4 Å². The highest BCUT2D eigenvalue weighted by Crippen LogP contribution is 2.41. The normalized spacial score (nSPS) is 15.1. The fraction of sp³-hybridized carbons (Fsp3) is 0.308. The summed E-state index contributed by atoms with van der Waals surface area (Å²) in [6, 6.07) is 10.2. The van der Waals surface area contributed by atoms with Gasteiger partial charge in [-0.15, -0.1) is 0 Å². The summed E-state index contributed by atoms with van der Waals surface area (Å²) >= 11 is 0. The summed E-state index contributed by atoms with van der Waals surface area (Å²) in [4.78, 5) is 28.6. The Morgan fingerprint density at radius 3 is 2.67 bits per heavy atom. The number of fused-ring (bicyclic) bond motifs is 2. The lowest BCUT2D eigenvalue weighted by molar-refractivity contribution is 0.0663. The lowest BCUT2D eigenvalue weighted by Gasteiger charge is -2.25. The summed E-state index contributed by atoms with van der Waals surface area (Å²) in [5.41, 5.74) is 2.18. The molecule has 4 rings (SSSR count). The molecule has 7 nitrogen and oxygen atoms in total. The van der Waals surface area contributed by atoms with Crippen LogP contribution in [-0.2, 0) is 4.74 Å². The van der Waals surface area contributed by atoms with Crippen molar-refractivity contribution in [2.75, 3.05) is 33.5 Å². The molecule has 1 amide bonds. The minimum absolute atomic E-state index is 0.0717. The number of ether oxygens (including phenoxy) is 3. The molecule has 1 aliphatic heterocycles. The van der Waals surface area contributed by atoms with E-state index in [1.54, 1.807) is 36.3 Å². The van der Waals surface area contributed by atoms with Crippen molar-refractivity contribution in [1.82, 2.24) is 4.90 Å². The maximum absolute atomic E-state index is 13.6. The Kier molecular flexibility index (Phi) is 6.51. The Labute approximate surface area is 192 Å². The minimum Gasteiger partial charge on any atom is -0.490 e. The molecule has 1 aliphatic rings. The average Bonchev–Trinajstić information content (AvgIpc) is 3.09. The molecule has 0 bridgehead atoms. The first-order valence-corrected chi connectivity index (χ1v) is 10.9. The van der Waals surface area contributed by atoms with Crippen LogP contribution in [0, 0.1) is 6.92 Å². The van der Waals surface area contributed by atoms with E-state index in [1.165, 1.54) is 0 Å². The molecule has 2 aromatic carbocycles. The fourth-order valence-electron chi connectivity index (χ4n) is 4.13. The maximum Gasteiger partial charge on any atom is 0.290 e. The van der Waals surface area contributed by atoms with Gasteiger partial charge in [-0.3, -0.25) is 9.59 Å². The Morgan fingerprint density at radius 2 is 1.94 bits per heavy atom. The first kappa shape index (κ1) is 22.6. The second kappa shape index (κ2) is 9.50. The van der Waals surface area contributed by atoms with E-state index < -0.39 is 6.04 Å². The summed E-state index contributed by atoms with van der Waals surface area (Å²) < 4.78 is 22.7. The lowest BCUT2D eigenvalue weighted by atomic mass is 9.97. The topological polar surface area (TPSA) is 78.2 Å². The molecular formula is C26H27NO6. The Balaban J connectivity index is 1.90. The van der Waals surface area contributed by atoms with Crippen LogP contribution < -0.4 is 14.9 Å². The summed E-state index contributed by atoms with van der Waals surface area (Å²) in [5.74, 6) is 0.832. The summed E-state index contributed by atoms with van der Waals surface area (Å²) in [6.45, 7) is 8.87. The van der Waals surface area contributed by atoms with Crippen LogP contribution in [0.25, 0.3) is 11.0 Å². The zero-order valence-corrected chi connectivity index (χ0v) is 19.1. The van der Waals surface area contributed by atoms with Gasteiger partial charge in [-0.1, -0.05) is 30.4 Å². The van der Waals surface area contributed by atoms with Crippen LogP contribution in [0.3, 0.4) is 0 Å². The molecule has 0 aliphatic carbocycles. The number of carbonyl (C=O) groups excluding carboxylic acids is 1. The molecule has 1 atom stereocenters. The van der Waals surface area contributed by atoms with Gasteiger partial charge in [0.1, 0.15) is 12.2 Å². The van der Waals surface area contributed by atoms with Crippen LogP contribution in [-0.4, -0.2) is 44.3 Å². The summed E-state index contributed by atoms with van der Waals surface area (Å²) in [5, 5.41) is 0.455. The second-order valence-corrected chi connectivity index (χ2v) is 7.81. The highest BCUT2D eigenvalue weighted by molar-refractivity contribution is 5.99. The van der Waals surface area contributed by atoms with Gasteiger partial charge in [-0.2, -0.15) is 0 Å². The van der Waals surface area contributed by atoms with Crippen LogP contribution in [0.4, 0.5) is 0 Å². The third-order valence-corrected chi connectivity index (χ3v) is 5.60. The van der Waals surface area contributed by atoms with Gasteiger partial charge in [-0.25, -0.2) is 0 Å². The van der Waals surface area contributed by atoms with Gasteiger partial charge in [0.15, 0.2) is 16.9 Å². The first-order valence-electron chi connectivity index (χ1n) is 10.9. The molecule has 0 fully saturated rings. The zero-order chi connectivity index (χ0) is 23.5. The first-order chi connectivity index (χ1) is 16.0. The molecule has 7 heteroatoms. The van der Waals surface area contributed by atoms with Crippen molar-refractivity contribution in [2.45, 2.75) is 19.9 Å². The molecule has 3 aromatic rings. The van der Waals surface area contributed by atoms with Crippen LogP contribution >= 0.6 is 0 Å². The largest absolute Gasteiger partial charge is 0.490 e. The van der Waals surface area contributed by atoms with E-state index in [1.807, 2.05) is 32.0 Å². The highest BCUT2D eigenvalue weighted by Gasteiger charge is 2.42. The maximum atomic E-state index is 13.6. The number of methoxy groups -OCH3 is 1. The number of rotatable bonds is 9. The summed E-state index contributed by atoms with van der Waals surface area (Å²) in [7, 11) is 1.57. The van der Waals surface area contributed by atoms with Gasteiger partial charge in [0, 0.05) is 13.7 Å². The predicted molar refractivity (Wildman–Crippen MR) is 125 cm³/mol. The molecule has 0 N–H and O–H groups in total. The monoisotopic (exact) mass is 449 g/mol. The van der Waals surface area contributed by atoms with E-state index in [0.717, 1.165) is 11.1 Å². The van der Waals surface area contributed by atoms with Crippen molar-refractivity contribution in [1.29, 1.82) is 0 Å². The smallest absolute Gasteiger partial charge is 0.290 e. The number of nitrogens with zero attached hydrogens (tertiary/aromatic N) is 1. The van der Waals surface area contributed by atoms with Crippen molar-refractivity contribution >= 4 is 16.9 Å². The number of amides is 1. The molecule has 0 unspecified atom stereocenters. The number of carbonyl (C=O) groups is 1. The lowest BCUT2D eigenvalue weighted by Crippen LogP contribution is -2.32. The highest BCUT2D eigenvalue weighted by atomic mass is 16.5. The number of hydrogen-bond donors (Lipinski definition) is 0. The number of aryl methyl sites for hydroxylation is 1. The quantitative estimate of drug-likeness (QED) is 0.455. The third-order valence-electron chi connectivity index (χ3n) is 5.60. The summed E-state index contributed by atoms with van der Waals surface area (Å²) in [6.07, 6.45) is 1.65. The van der Waals surface area contributed by atoms with Crippen LogP contribution in [0.1, 0.15) is 40.2 Å². The van der Waals surface area contributed by atoms with E-state index in [-0.39, 0.29) is 17.1 Å². The predicted octanol–water partition coefficient (Wildman–Crippen LogP) is 4.26. The molecule has 0 saturated carbocycles. The average molecular weight is 450 g/mol. The van der Waals surface area contributed by atoms with Crippen molar-refractivity contribution < 1.29 is 23.4 Å². The Bertz CT molecular complexity index is 1260. The SMILES string of the molecule is C=CCOc1ccc([C@H]2c3c(oc4ccc(C)cc4c3=O)C(=O)N2CCOC)cc1OCC. The molecule has 2 heterocycles. The van der Waals surface area contributed by atoms with E-state index >= 15 is 0 Å². The zero-order valence-electron chi connectivity index (χ0n) is 19.1. The standard InChI is InChI=1S/C26H27NO6/c1-5-12-32-20-10-8-17(15-21(20)31-6-2)23-22-24(28)18-14-16(3)7-9-19(18)33-25(22)26(29)27(23)11-13-30-4/h5,7-10,14-15,23H,1,6,11-13H2,2-4H3/t23-/m0/s1. The van der Waals surface area contributed by atoms with Crippen molar-refractivity contribution in [3.63, 3.8) is 0 Å². The second-order valence-electron chi connectivity index (χ2n) is 7.81. The fourth-order valence-corrected chi connectivity index (χ4v) is 4.13. The van der Waals surface area contributed by atoms with Crippen LogP contribution in [0.15, 0.2) is 58.3 Å². The molecule has 0 radical (unpaired) electrons. The minimum atomic E-state index is -0.628. The molecule has 0 saturated heterocycles. The van der Waals surface area contributed by atoms with Crippen LogP contribution in [0.2, 0.25) is 0 Å². The van der Waals surface area contributed by atoms with Gasteiger partial charge in [-0.05, 0) is 43.7 Å². The molecular weight excluding hydrogens is 422 g/mol.